The highest BCUT2D eigenvalue weighted by Gasteiger charge is 2.16. The first-order valence-corrected chi connectivity index (χ1v) is 7.55. The van der Waals surface area contributed by atoms with Crippen LogP contribution in [0.3, 0.4) is 0 Å². The molecule has 0 bridgehead atoms. The summed E-state index contributed by atoms with van der Waals surface area (Å²) in [6.07, 6.45) is 2.34. The summed E-state index contributed by atoms with van der Waals surface area (Å²) in [7, 11) is -3.67. The zero-order valence-corrected chi connectivity index (χ0v) is 12.0. The van der Waals surface area contributed by atoms with Crippen molar-refractivity contribution in [3.63, 3.8) is 0 Å². The maximum atomic E-state index is 11.7. The quantitative estimate of drug-likeness (QED) is 0.600. The third kappa shape index (κ3) is 3.05. The van der Waals surface area contributed by atoms with Crippen LogP contribution in [0, 0.1) is 6.92 Å². The van der Waals surface area contributed by atoms with Crippen molar-refractivity contribution >= 4 is 21.7 Å². The maximum absolute atomic E-state index is 11.7. The number of esters is 1. The van der Waals surface area contributed by atoms with Crippen LogP contribution in [0.2, 0.25) is 0 Å². The topological polar surface area (TPSA) is 99.9 Å². The molecule has 2 heterocycles. The summed E-state index contributed by atoms with van der Waals surface area (Å²) in [6, 6.07) is 1.36. The lowest BCUT2D eigenvalue weighted by Crippen LogP contribution is -2.10. The van der Waals surface area contributed by atoms with Gasteiger partial charge in [-0.2, -0.15) is 8.42 Å². The Morgan fingerprint density at radius 3 is 2.75 bits per heavy atom. The van der Waals surface area contributed by atoms with E-state index in [1.54, 1.807) is 13.8 Å². The number of hydrogen-bond acceptors (Lipinski definition) is 7. The Hall–Kier alpha value is -2.16. The van der Waals surface area contributed by atoms with Crippen LogP contribution in [0.4, 0.5) is 0 Å². The minimum atomic E-state index is -3.67. The third-order valence-corrected chi connectivity index (χ3v) is 2.82. The van der Waals surface area contributed by atoms with Crippen molar-refractivity contribution in [2.75, 3.05) is 12.9 Å². The molecule has 0 fully saturated rings. The fourth-order valence-electron chi connectivity index (χ4n) is 1.59. The standard InChI is InChI=1S/C11H13N3O5S/c1-4-18-11(15)8-6-14-9(12-7(8)2)5-10(13-14)19-20(3,16)17/h5-6H,4H2,1-3H3. The highest BCUT2D eigenvalue weighted by Crippen LogP contribution is 2.16. The summed E-state index contributed by atoms with van der Waals surface area (Å²) in [5, 5.41) is 3.89. The highest BCUT2D eigenvalue weighted by molar-refractivity contribution is 7.86. The number of aromatic nitrogens is 3. The van der Waals surface area contributed by atoms with Crippen molar-refractivity contribution < 1.29 is 22.1 Å². The molecule has 0 aromatic carbocycles. The Balaban J connectivity index is 2.46. The van der Waals surface area contributed by atoms with Crippen LogP contribution >= 0.6 is 0 Å². The van der Waals surface area contributed by atoms with E-state index in [1.807, 2.05) is 0 Å². The molecule has 0 saturated heterocycles. The molecule has 9 heteroatoms. The van der Waals surface area contributed by atoms with Crippen molar-refractivity contribution in [3.8, 4) is 5.88 Å². The number of hydrogen-bond donors (Lipinski definition) is 0. The normalized spacial score (nSPS) is 11.6. The smallest absolute Gasteiger partial charge is 0.341 e. The lowest BCUT2D eigenvalue weighted by Gasteiger charge is -2.04. The second-order valence-corrected chi connectivity index (χ2v) is 5.61. The second-order valence-electron chi connectivity index (χ2n) is 4.03. The minimum absolute atomic E-state index is 0.111. The number of carbonyl (C=O) groups is 1. The van der Waals surface area contributed by atoms with Gasteiger partial charge in [-0.15, -0.1) is 5.10 Å². The predicted molar refractivity (Wildman–Crippen MR) is 69.2 cm³/mol. The Labute approximate surface area is 115 Å². The van der Waals surface area contributed by atoms with E-state index in [1.165, 1.54) is 16.8 Å². The van der Waals surface area contributed by atoms with Gasteiger partial charge in [0.25, 0.3) is 5.88 Å². The van der Waals surface area contributed by atoms with Crippen LogP contribution in [0.5, 0.6) is 5.88 Å². The molecule has 20 heavy (non-hydrogen) atoms. The van der Waals surface area contributed by atoms with E-state index < -0.39 is 16.1 Å². The van der Waals surface area contributed by atoms with Crippen LogP contribution in [-0.2, 0) is 14.9 Å². The largest absolute Gasteiger partial charge is 0.462 e. The average molecular weight is 299 g/mol. The molecule has 0 unspecified atom stereocenters. The molecule has 0 spiro atoms. The number of nitrogens with zero attached hydrogens (tertiary/aromatic N) is 3. The van der Waals surface area contributed by atoms with Gasteiger partial charge in [0.1, 0.15) is 0 Å². The molecule has 108 valence electrons. The van der Waals surface area contributed by atoms with Crippen LogP contribution in [0.15, 0.2) is 12.3 Å². The zero-order chi connectivity index (χ0) is 14.9. The maximum Gasteiger partial charge on any atom is 0.341 e. The summed E-state index contributed by atoms with van der Waals surface area (Å²) < 4.78 is 32.9. The number of aryl methyl sites for hydroxylation is 1. The first kappa shape index (κ1) is 14.3. The van der Waals surface area contributed by atoms with Gasteiger partial charge in [0.15, 0.2) is 5.65 Å². The molecule has 2 aromatic heterocycles. The van der Waals surface area contributed by atoms with Crippen LogP contribution < -0.4 is 4.18 Å². The predicted octanol–water partition coefficient (Wildman–Crippen LogP) is 0.553. The van der Waals surface area contributed by atoms with Crippen LogP contribution in [0.25, 0.3) is 5.65 Å². The van der Waals surface area contributed by atoms with Gasteiger partial charge >= 0.3 is 16.1 Å². The van der Waals surface area contributed by atoms with Gasteiger partial charge in [-0.05, 0) is 13.8 Å². The zero-order valence-electron chi connectivity index (χ0n) is 11.2. The number of fused-ring (bicyclic) bond motifs is 1. The lowest BCUT2D eigenvalue weighted by molar-refractivity contribution is 0.0524. The molecular formula is C11H13N3O5S. The van der Waals surface area contributed by atoms with Crippen LogP contribution in [0.1, 0.15) is 23.0 Å². The summed E-state index contributed by atoms with van der Waals surface area (Å²) in [5.74, 6) is -0.624. The van der Waals surface area contributed by atoms with Gasteiger partial charge in [-0.3, -0.25) is 0 Å². The molecular weight excluding hydrogens is 286 g/mol. The van der Waals surface area contributed by atoms with Gasteiger partial charge in [0.2, 0.25) is 0 Å². The molecule has 2 aromatic rings. The van der Waals surface area contributed by atoms with Crippen molar-refractivity contribution in [2.24, 2.45) is 0 Å². The van der Waals surface area contributed by atoms with Gasteiger partial charge in [0, 0.05) is 12.3 Å². The van der Waals surface area contributed by atoms with Crippen molar-refractivity contribution in [1.82, 2.24) is 14.6 Å². The fourth-order valence-corrected chi connectivity index (χ4v) is 1.99. The number of carbonyl (C=O) groups excluding carboxylic acids is 1. The molecule has 0 aliphatic carbocycles. The fraction of sp³-hybridized carbons (Fsp3) is 0.364. The lowest BCUT2D eigenvalue weighted by atomic mass is 10.2. The average Bonchev–Trinajstić information content (AvgIpc) is 2.66. The monoisotopic (exact) mass is 299 g/mol. The van der Waals surface area contributed by atoms with Gasteiger partial charge in [0.05, 0.1) is 24.1 Å². The summed E-state index contributed by atoms with van der Waals surface area (Å²) in [5.41, 5.74) is 1.09. The van der Waals surface area contributed by atoms with Crippen molar-refractivity contribution in [2.45, 2.75) is 13.8 Å². The first-order valence-electron chi connectivity index (χ1n) is 5.74. The number of rotatable bonds is 4. The molecule has 2 rings (SSSR count). The molecule has 0 atom stereocenters. The minimum Gasteiger partial charge on any atom is -0.462 e. The molecule has 0 radical (unpaired) electrons. The first-order chi connectivity index (χ1) is 9.30. The highest BCUT2D eigenvalue weighted by atomic mass is 32.2. The number of ether oxygens (including phenoxy) is 1. The van der Waals surface area contributed by atoms with E-state index in [2.05, 4.69) is 14.3 Å². The summed E-state index contributed by atoms with van der Waals surface area (Å²) in [4.78, 5) is 15.9. The van der Waals surface area contributed by atoms with E-state index in [0.29, 0.717) is 11.3 Å². The summed E-state index contributed by atoms with van der Waals surface area (Å²) in [6.45, 7) is 3.60. The van der Waals surface area contributed by atoms with Gasteiger partial charge in [-0.25, -0.2) is 14.3 Å². The van der Waals surface area contributed by atoms with Crippen molar-refractivity contribution in [3.05, 3.63) is 23.5 Å². The van der Waals surface area contributed by atoms with Crippen molar-refractivity contribution in [1.29, 1.82) is 0 Å². The van der Waals surface area contributed by atoms with E-state index in [-0.39, 0.29) is 18.1 Å². The third-order valence-electron chi connectivity index (χ3n) is 2.35. The molecule has 0 N–H and O–H groups in total. The van der Waals surface area contributed by atoms with Gasteiger partial charge in [-0.1, -0.05) is 0 Å². The van der Waals surface area contributed by atoms with E-state index in [9.17, 15) is 13.2 Å². The van der Waals surface area contributed by atoms with E-state index >= 15 is 0 Å². The molecule has 0 amide bonds. The Kier molecular flexibility index (Phi) is 3.62. The molecule has 0 saturated carbocycles. The molecule has 0 aliphatic rings. The van der Waals surface area contributed by atoms with Gasteiger partial charge < -0.3 is 8.92 Å². The van der Waals surface area contributed by atoms with E-state index in [4.69, 9.17) is 4.74 Å². The second kappa shape index (κ2) is 5.08. The SMILES string of the molecule is CCOC(=O)c1cn2nc(OS(C)(=O)=O)cc2nc1C. The van der Waals surface area contributed by atoms with Crippen LogP contribution in [-0.4, -0.2) is 41.8 Å². The molecule has 8 nitrogen and oxygen atoms in total. The molecule has 0 aliphatic heterocycles. The summed E-state index contributed by atoms with van der Waals surface area (Å²) >= 11 is 0. The Bertz CT molecular complexity index is 766. The van der Waals surface area contributed by atoms with E-state index in [0.717, 1.165) is 6.26 Å². The Morgan fingerprint density at radius 2 is 2.15 bits per heavy atom. The Morgan fingerprint density at radius 1 is 1.45 bits per heavy atom.